The van der Waals surface area contributed by atoms with E-state index in [1.54, 1.807) is 0 Å². The third-order valence-corrected chi connectivity index (χ3v) is 4.34. The first-order chi connectivity index (χ1) is 9.13. The van der Waals surface area contributed by atoms with Crippen LogP contribution in [0.25, 0.3) is 0 Å². The number of rotatable bonds is 4. The lowest BCUT2D eigenvalue weighted by Gasteiger charge is -2.39. The molecule has 0 aliphatic carbocycles. The molecule has 3 heterocycles. The fourth-order valence-electron chi connectivity index (χ4n) is 2.31. The van der Waals surface area contributed by atoms with Crippen LogP contribution in [-0.2, 0) is 6.54 Å². The topological polar surface area (TPSA) is 46.8 Å². The Morgan fingerprint density at radius 1 is 1.42 bits per heavy atom. The lowest BCUT2D eigenvalue weighted by atomic mass is 10.0. The van der Waals surface area contributed by atoms with Crippen molar-refractivity contribution in [3.8, 4) is 0 Å². The molecular formula is C13H19N5S. The molecule has 6 heteroatoms. The van der Waals surface area contributed by atoms with Crippen LogP contribution in [0.3, 0.4) is 0 Å². The predicted octanol–water partition coefficient (Wildman–Crippen LogP) is 2.30. The van der Waals surface area contributed by atoms with Gasteiger partial charge in [-0.05, 0) is 6.92 Å². The molecule has 102 valence electrons. The second-order valence-electron chi connectivity index (χ2n) is 5.49. The highest BCUT2D eigenvalue weighted by Crippen LogP contribution is 2.28. The van der Waals surface area contributed by atoms with Gasteiger partial charge in [0.2, 0.25) is 5.13 Å². The van der Waals surface area contributed by atoms with Gasteiger partial charge in [0.25, 0.3) is 0 Å². The Kier molecular flexibility index (Phi) is 3.26. The van der Waals surface area contributed by atoms with Gasteiger partial charge in [0.1, 0.15) is 11.6 Å². The quantitative estimate of drug-likeness (QED) is 0.860. The molecule has 1 aliphatic heterocycles. The Balaban J connectivity index is 1.56. The van der Waals surface area contributed by atoms with E-state index in [1.807, 2.05) is 6.20 Å². The van der Waals surface area contributed by atoms with Crippen molar-refractivity contribution in [1.29, 1.82) is 0 Å². The van der Waals surface area contributed by atoms with Gasteiger partial charge in [0, 0.05) is 55.4 Å². The molecule has 0 aromatic carbocycles. The van der Waals surface area contributed by atoms with Crippen molar-refractivity contribution in [3.63, 3.8) is 0 Å². The molecule has 2 aromatic rings. The van der Waals surface area contributed by atoms with Crippen molar-refractivity contribution in [2.75, 3.05) is 18.0 Å². The van der Waals surface area contributed by atoms with E-state index in [-0.39, 0.29) is 0 Å². The van der Waals surface area contributed by atoms with E-state index >= 15 is 0 Å². The average Bonchev–Trinajstić information content (AvgIpc) is 2.92. The minimum Gasteiger partial charge on any atom is -0.346 e. The molecule has 0 radical (unpaired) electrons. The van der Waals surface area contributed by atoms with Crippen molar-refractivity contribution >= 4 is 16.7 Å². The van der Waals surface area contributed by atoms with E-state index < -0.39 is 0 Å². The largest absolute Gasteiger partial charge is 0.346 e. The van der Waals surface area contributed by atoms with Crippen LogP contribution in [0.1, 0.15) is 31.4 Å². The lowest BCUT2D eigenvalue weighted by Crippen LogP contribution is -2.48. The Morgan fingerprint density at radius 2 is 2.21 bits per heavy atom. The molecule has 0 N–H and O–H groups in total. The maximum absolute atomic E-state index is 4.59. The number of hydrogen-bond acceptors (Lipinski definition) is 5. The van der Waals surface area contributed by atoms with Gasteiger partial charge in [-0.1, -0.05) is 13.8 Å². The second-order valence-corrected chi connectivity index (χ2v) is 6.22. The second kappa shape index (κ2) is 4.92. The molecule has 3 rings (SSSR count). The smallest absolute Gasteiger partial charge is 0.205 e. The summed E-state index contributed by atoms with van der Waals surface area (Å²) in [7, 11) is 0. The van der Waals surface area contributed by atoms with Crippen molar-refractivity contribution in [2.45, 2.75) is 33.2 Å². The number of hydrogen-bond donors (Lipinski definition) is 0. The van der Waals surface area contributed by atoms with Crippen LogP contribution in [-0.4, -0.2) is 32.0 Å². The summed E-state index contributed by atoms with van der Waals surface area (Å²) < 4.78 is 6.63. The lowest BCUT2D eigenvalue weighted by molar-refractivity contribution is 0.354. The van der Waals surface area contributed by atoms with Crippen molar-refractivity contribution in [3.05, 3.63) is 24.0 Å². The summed E-state index contributed by atoms with van der Waals surface area (Å²) in [6.45, 7) is 9.52. The molecule has 1 fully saturated rings. The van der Waals surface area contributed by atoms with Crippen LogP contribution in [0.4, 0.5) is 5.13 Å². The monoisotopic (exact) mass is 277 g/mol. The van der Waals surface area contributed by atoms with Crippen LogP contribution in [0.15, 0.2) is 12.4 Å². The molecular weight excluding hydrogens is 258 g/mol. The van der Waals surface area contributed by atoms with Crippen LogP contribution in [0.5, 0.6) is 0 Å². The molecule has 0 bridgehead atoms. The van der Waals surface area contributed by atoms with E-state index in [1.165, 1.54) is 11.5 Å². The number of anilines is 1. The van der Waals surface area contributed by atoms with Crippen molar-refractivity contribution < 1.29 is 0 Å². The summed E-state index contributed by atoms with van der Waals surface area (Å²) in [5.41, 5.74) is 0. The highest BCUT2D eigenvalue weighted by Gasteiger charge is 2.29. The number of aryl methyl sites for hydroxylation is 1. The summed E-state index contributed by atoms with van der Waals surface area (Å²) in [6.07, 6.45) is 3.92. The normalized spacial score (nSPS) is 16.1. The summed E-state index contributed by atoms with van der Waals surface area (Å²) in [5, 5.41) is 1.07. The Morgan fingerprint density at radius 3 is 2.79 bits per heavy atom. The number of imidazole rings is 1. The third kappa shape index (κ3) is 2.49. The van der Waals surface area contributed by atoms with E-state index in [2.05, 4.69) is 50.8 Å². The zero-order valence-electron chi connectivity index (χ0n) is 11.6. The first kappa shape index (κ1) is 12.6. The van der Waals surface area contributed by atoms with Gasteiger partial charge in [0.05, 0.1) is 0 Å². The molecule has 5 nitrogen and oxygen atoms in total. The van der Waals surface area contributed by atoms with E-state index in [4.69, 9.17) is 0 Å². The first-order valence-electron chi connectivity index (χ1n) is 6.69. The Labute approximate surface area is 117 Å². The average molecular weight is 277 g/mol. The van der Waals surface area contributed by atoms with Crippen LogP contribution in [0, 0.1) is 12.8 Å². The summed E-state index contributed by atoms with van der Waals surface area (Å²) >= 11 is 1.52. The van der Waals surface area contributed by atoms with Crippen molar-refractivity contribution in [2.24, 2.45) is 5.92 Å². The van der Waals surface area contributed by atoms with Crippen LogP contribution in [0.2, 0.25) is 0 Å². The Bertz CT molecular complexity index is 553. The van der Waals surface area contributed by atoms with E-state index in [0.717, 1.165) is 36.4 Å². The summed E-state index contributed by atoms with van der Waals surface area (Å²) in [4.78, 5) is 11.2. The van der Waals surface area contributed by atoms with Gasteiger partial charge in [-0.25, -0.2) is 9.97 Å². The highest BCUT2D eigenvalue weighted by molar-refractivity contribution is 7.09. The molecule has 1 aliphatic rings. The fourth-order valence-corrected chi connectivity index (χ4v) is 3.13. The van der Waals surface area contributed by atoms with Gasteiger partial charge in [0.15, 0.2) is 0 Å². The van der Waals surface area contributed by atoms with E-state index in [9.17, 15) is 0 Å². The molecule has 0 unspecified atom stereocenters. The van der Waals surface area contributed by atoms with E-state index in [0.29, 0.717) is 11.8 Å². The third-order valence-electron chi connectivity index (χ3n) is 3.55. The first-order valence-corrected chi connectivity index (χ1v) is 7.47. The molecule has 0 amide bonds. The fraction of sp³-hybridized carbons (Fsp3) is 0.615. The highest BCUT2D eigenvalue weighted by atomic mass is 32.1. The minimum atomic E-state index is 0.413. The summed E-state index contributed by atoms with van der Waals surface area (Å²) in [5.74, 6) is 3.17. The van der Waals surface area contributed by atoms with Crippen molar-refractivity contribution in [1.82, 2.24) is 18.9 Å². The number of nitrogens with zero attached hydrogens (tertiary/aromatic N) is 5. The molecule has 19 heavy (non-hydrogen) atoms. The van der Waals surface area contributed by atoms with Gasteiger partial charge >= 0.3 is 0 Å². The minimum absolute atomic E-state index is 0.413. The van der Waals surface area contributed by atoms with Gasteiger partial charge < -0.3 is 9.47 Å². The molecule has 0 saturated carbocycles. The molecule has 0 atom stereocenters. The zero-order valence-corrected chi connectivity index (χ0v) is 12.4. The molecule has 1 saturated heterocycles. The zero-order chi connectivity index (χ0) is 13.4. The Hall–Kier alpha value is -1.43. The van der Waals surface area contributed by atoms with Gasteiger partial charge in [-0.3, -0.25) is 0 Å². The molecule has 0 spiro atoms. The summed E-state index contributed by atoms with van der Waals surface area (Å²) in [6, 6.07) is 0. The maximum atomic E-state index is 4.59. The maximum Gasteiger partial charge on any atom is 0.205 e. The predicted molar refractivity (Wildman–Crippen MR) is 76.7 cm³/mol. The number of aromatic nitrogens is 4. The van der Waals surface area contributed by atoms with Gasteiger partial charge in [-0.15, -0.1) is 0 Å². The standard InChI is InChI=1S/C13H19N5S/c1-9(2)12-15-13(19-16-12)18-7-11(8-18)6-17-5-4-14-10(17)3/h4-5,9,11H,6-8H2,1-3H3. The molecule has 2 aromatic heterocycles. The van der Waals surface area contributed by atoms with Crippen LogP contribution < -0.4 is 4.90 Å². The van der Waals surface area contributed by atoms with Gasteiger partial charge in [-0.2, -0.15) is 4.37 Å². The SMILES string of the molecule is Cc1nccn1CC1CN(c2nc(C(C)C)ns2)C1. The van der Waals surface area contributed by atoms with Crippen LogP contribution >= 0.6 is 11.5 Å².